The van der Waals surface area contributed by atoms with Crippen LogP contribution in [-0.2, 0) is 16.1 Å². The lowest BCUT2D eigenvalue weighted by Crippen LogP contribution is -2.45. The molecule has 1 saturated heterocycles. The number of amides is 1. The highest BCUT2D eigenvalue weighted by molar-refractivity contribution is 5.93. The number of likely N-dealkylation sites (N-methyl/N-ethyl adjacent to an activating group) is 1. The summed E-state index contributed by atoms with van der Waals surface area (Å²) in [5, 5.41) is 8.90. The number of methoxy groups -OCH3 is 1. The highest BCUT2D eigenvalue weighted by Gasteiger charge is 2.40. The minimum Gasteiger partial charge on any atom is -0.489 e. The lowest BCUT2D eigenvalue weighted by Gasteiger charge is -2.29. The van der Waals surface area contributed by atoms with E-state index in [1.54, 1.807) is 24.1 Å². The van der Waals surface area contributed by atoms with E-state index in [1.165, 1.54) is 18.5 Å². The Morgan fingerprint density at radius 2 is 1.94 bits per heavy atom. The van der Waals surface area contributed by atoms with Gasteiger partial charge in [0.1, 0.15) is 47.9 Å². The van der Waals surface area contributed by atoms with Gasteiger partial charge in [-0.15, -0.1) is 0 Å². The number of pyridine rings is 1. The number of aryl methyl sites for hydroxylation is 1. The van der Waals surface area contributed by atoms with Crippen LogP contribution < -0.4 is 15.0 Å². The molecule has 0 radical (unpaired) electrons. The quantitative estimate of drug-likeness (QED) is 0.258. The fourth-order valence-corrected chi connectivity index (χ4v) is 6.88. The van der Waals surface area contributed by atoms with Crippen molar-refractivity contribution in [3.63, 3.8) is 0 Å². The third-order valence-electron chi connectivity index (χ3n) is 9.18. The van der Waals surface area contributed by atoms with Crippen LogP contribution in [0.4, 0.5) is 16.0 Å². The molecule has 14 heteroatoms. The minimum atomic E-state index is -0.492. The first kappa shape index (κ1) is 30.7. The number of para-hydroxylation sites is 1. The van der Waals surface area contributed by atoms with Crippen molar-refractivity contribution in [3.05, 3.63) is 79.3 Å². The number of rotatable bonds is 6. The molecule has 250 valence electrons. The van der Waals surface area contributed by atoms with Gasteiger partial charge >= 0.3 is 0 Å². The maximum absolute atomic E-state index is 14.3. The summed E-state index contributed by atoms with van der Waals surface area (Å²) in [6.07, 6.45) is 6.31. The predicted molar refractivity (Wildman–Crippen MR) is 182 cm³/mol. The van der Waals surface area contributed by atoms with Crippen LogP contribution in [0, 0.1) is 5.82 Å². The van der Waals surface area contributed by atoms with Gasteiger partial charge in [-0.2, -0.15) is 5.10 Å². The largest absolute Gasteiger partial charge is 0.489 e. The van der Waals surface area contributed by atoms with E-state index in [1.807, 2.05) is 53.5 Å². The molecule has 4 bridgehead atoms. The number of fused-ring (bicyclic) bond motifs is 6. The van der Waals surface area contributed by atoms with Crippen molar-refractivity contribution in [2.45, 2.75) is 31.5 Å². The topological polar surface area (TPSA) is 128 Å². The summed E-state index contributed by atoms with van der Waals surface area (Å²) in [7, 11) is 3.43. The molecule has 8 rings (SSSR count). The number of halogens is 1. The number of hydrogen-bond donors (Lipinski definition) is 1. The van der Waals surface area contributed by atoms with Gasteiger partial charge in [-0.3, -0.25) is 4.79 Å². The normalized spacial score (nSPS) is 18.1. The lowest BCUT2D eigenvalue weighted by atomic mass is 10.1. The smallest absolute Gasteiger partial charge is 0.245 e. The molecule has 6 aromatic rings. The summed E-state index contributed by atoms with van der Waals surface area (Å²) in [5.74, 6) is 1.19. The summed E-state index contributed by atoms with van der Waals surface area (Å²) >= 11 is 0. The number of ether oxygens (including phenoxy) is 2. The van der Waals surface area contributed by atoms with Crippen LogP contribution in [0.3, 0.4) is 0 Å². The molecule has 2 aliphatic rings. The summed E-state index contributed by atoms with van der Waals surface area (Å²) in [5.41, 5.74) is 4.84. The van der Waals surface area contributed by atoms with Gasteiger partial charge in [0.05, 0.1) is 41.2 Å². The Morgan fingerprint density at radius 1 is 1.04 bits per heavy atom. The fourth-order valence-electron chi connectivity index (χ4n) is 6.88. The Bertz CT molecular complexity index is 2170. The molecule has 0 spiro atoms. The third-order valence-corrected chi connectivity index (χ3v) is 9.18. The Labute approximate surface area is 281 Å². The molecule has 0 saturated carbocycles. The van der Waals surface area contributed by atoms with Crippen molar-refractivity contribution in [2.24, 2.45) is 0 Å². The molecule has 4 aromatic heterocycles. The zero-order chi connectivity index (χ0) is 33.5. The number of nitrogens with zero attached hydrogens (tertiary/aromatic N) is 9. The van der Waals surface area contributed by atoms with Crippen LogP contribution in [0.1, 0.15) is 12.8 Å². The molecule has 1 fully saturated rings. The molecule has 0 unspecified atom stereocenters. The van der Waals surface area contributed by atoms with Crippen molar-refractivity contribution in [1.29, 1.82) is 0 Å². The second kappa shape index (κ2) is 12.8. The zero-order valence-corrected chi connectivity index (χ0v) is 27.2. The molecule has 0 aliphatic carbocycles. The second-order valence-corrected chi connectivity index (χ2v) is 12.3. The van der Waals surface area contributed by atoms with Gasteiger partial charge in [-0.05, 0) is 43.2 Å². The standard InChI is InChI=1S/C35H35FN10O3/c1-43-12-5-13-44-21-39-27-8-3-6-24(32(27)44)26-7-4-9-31(42-26)41-23-17-29(35(43)47)45(19-23)33-25-18-40-46(34(25)38-20-37-33)28-11-10-22(36)16-30(28)49-15-14-48-2/h3-4,6-11,16,18,20-21,23,29H,5,12-15,17,19H2,1-2H3,(H,41,42)/t23-,29-/m0/s1. The van der Waals surface area contributed by atoms with Crippen molar-refractivity contribution < 1.29 is 18.7 Å². The molecular formula is C35H35FN10O3. The van der Waals surface area contributed by atoms with Gasteiger partial charge in [-0.25, -0.2) is 29.0 Å². The van der Waals surface area contributed by atoms with Crippen molar-refractivity contribution in [2.75, 3.05) is 50.7 Å². The Morgan fingerprint density at radius 3 is 2.84 bits per heavy atom. The molecule has 2 aliphatic heterocycles. The van der Waals surface area contributed by atoms with Gasteiger partial charge in [0.25, 0.3) is 0 Å². The first-order chi connectivity index (χ1) is 24.0. The molecule has 1 N–H and O–H groups in total. The van der Waals surface area contributed by atoms with Crippen LogP contribution in [0.25, 0.3) is 39.0 Å². The van der Waals surface area contributed by atoms with Crippen molar-refractivity contribution in [3.8, 4) is 22.7 Å². The minimum absolute atomic E-state index is 0.00331. The lowest BCUT2D eigenvalue weighted by molar-refractivity contribution is -0.131. The number of imidazole rings is 1. The molecule has 2 atom stereocenters. The highest BCUT2D eigenvalue weighted by atomic mass is 19.1. The average molecular weight is 663 g/mol. The predicted octanol–water partition coefficient (Wildman–Crippen LogP) is 4.31. The summed E-state index contributed by atoms with van der Waals surface area (Å²) in [6.45, 7) is 2.35. The molecule has 6 heterocycles. The zero-order valence-electron chi connectivity index (χ0n) is 27.2. The maximum Gasteiger partial charge on any atom is 0.245 e. The summed E-state index contributed by atoms with van der Waals surface area (Å²) < 4.78 is 29.0. The number of carbonyl (C=O) groups is 1. The van der Waals surface area contributed by atoms with E-state index in [9.17, 15) is 9.18 Å². The molecule has 49 heavy (non-hydrogen) atoms. The van der Waals surface area contributed by atoms with Gasteiger partial charge in [0.2, 0.25) is 5.91 Å². The Balaban J connectivity index is 1.16. The molecule has 13 nitrogen and oxygen atoms in total. The van der Waals surface area contributed by atoms with Crippen LogP contribution >= 0.6 is 0 Å². The van der Waals surface area contributed by atoms with Crippen LogP contribution in [0.5, 0.6) is 5.75 Å². The number of nitrogens with one attached hydrogen (secondary N) is 1. The fraction of sp³-hybridized carbons (Fsp3) is 0.314. The van der Waals surface area contributed by atoms with Gasteiger partial charge < -0.3 is 29.2 Å². The average Bonchev–Trinajstić information content (AvgIpc) is 3.85. The van der Waals surface area contributed by atoms with Crippen molar-refractivity contribution in [1.82, 2.24) is 39.2 Å². The number of aromatic nitrogens is 7. The number of anilines is 2. The second-order valence-electron chi connectivity index (χ2n) is 12.3. The molecule has 1 amide bonds. The molecule has 2 aromatic carbocycles. The Kier molecular flexibility index (Phi) is 7.99. The Hall–Kier alpha value is -5.63. The van der Waals surface area contributed by atoms with E-state index in [4.69, 9.17) is 19.4 Å². The van der Waals surface area contributed by atoms with E-state index in [-0.39, 0.29) is 18.6 Å². The van der Waals surface area contributed by atoms with E-state index in [0.717, 1.165) is 34.5 Å². The number of hydrogen-bond acceptors (Lipinski definition) is 10. The maximum atomic E-state index is 14.3. The first-order valence-corrected chi connectivity index (χ1v) is 16.3. The van der Waals surface area contributed by atoms with Crippen LogP contribution in [0.15, 0.2) is 73.4 Å². The van der Waals surface area contributed by atoms with Crippen LogP contribution in [-0.4, -0.2) is 97.6 Å². The first-order valence-electron chi connectivity index (χ1n) is 16.3. The van der Waals surface area contributed by atoms with E-state index in [2.05, 4.69) is 31.0 Å². The number of carbonyl (C=O) groups excluding carboxylic acids is 1. The van der Waals surface area contributed by atoms with Gasteiger partial charge in [-0.1, -0.05) is 18.2 Å². The van der Waals surface area contributed by atoms with Crippen molar-refractivity contribution >= 4 is 39.6 Å². The van der Waals surface area contributed by atoms with E-state index >= 15 is 0 Å². The number of benzene rings is 2. The third kappa shape index (κ3) is 5.67. The molecular weight excluding hydrogens is 627 g/mol. The SMILES string of the molecule is COCCOc1cc(F)ccc1-n1ncc2c(N3C[C@@H]4C[C@H]3C(=O)N(C)CCCn3cnc5cccc(c53)-c3cccc(n3)N4)ncnc21. The summed E-state index contributed by atoms with van der Waals surface area (Å²) in [4.78, 5) is 37.0. The van der Waals surface area contributed by atoms with Gasteiger partial charge in [0.15, 0.2) is 5.65 Å². The van der Waals surface area contributed by atoms with Crippen LogP contribution in [0.2, 0.25) is 0 Å². The monoisotopic (exact) mass is 662 g/mol. The highest BCUT2D eigenvalue weighted by Crippen LogP contribution is 2.35. The van der Waals surface area contributed by atoms with E-state index < -0.39 is 11.9 Å². The van der Waals surface area contributed by atoms with Gasteiger partial charge in [0, 0.05) is 51.5 Å². The summed E-state index contributed by atoms with van der Waals surface area (Å²) in [6, 6.07) is 15.7. The van der Waals surface area contributed by atoms with E-state index in [0.29, 0.717) is 61.0 Å².